The van der Waals surface area contributed by atoms with Crippen molar-refractivity contribution in [1.29, 1.82) is 0 Å². The molecule has 2 amide bonds. The first kappa shape index (κ1) is 13.2. The Bertz CT molecular complexity index is 292. The second kappa shape index (κ2) is 6.58. The van der Waals surface area contributed by atoms with Crippen LogP contribution in [-0.4, -0.2) is 24.4 Å². The van der Waals surface area contributed by atoms with Crippen molar-refractivity contribution < 1.29 is 19.1 Å². The van der Waals surface area contributed by atoms with Crippen LogP contribution in [0.5, 0.6) is 0 Å². The fourth-order valence-electron chi connectivity index (χ4n) is 0.608. The van der Waals surface area contributed by atoms with Gasteiger partial charge in [0.2, 0.25) is 5.91 Å². The highest BCUT2D eigenvalue weighted by atomic mass is 16.5. The van der Waals surface area contributed by atoms with Gasteiger partial charge >= 0.3 is 5.97 Å². The molecule has 0 aromatic carbocycles. The molecular formula is C9H14N2O4. The predicted octanol–water partition coefficient (Wildman–Crippen LogP) is -0.337. The molecule has 0 fully saturated rings. The van der Waals surface area contributed by atoms with Crippen LogP contribution in [-0.2, 0) is 19.1 Å². The van der Waals surface area contributed by atoms with Crippen molar-refractivity contribution in [2.45, 2.75) is 20.8 Å². The van der Waals surface area contributed by atoms with Gasteiger partial charge in [-0.1, -0.05) is 5.57 Å². The molecule has 0 aromatic rings. The fraction of sp³-hybridized carbons (Fsp3) is 0.444. The van der Waals surface area contributed by atoms with Gasteiger partial charge < -0.3 is 4.74 Å². The summed E-state index contributed by atoms with van der Waals surface area (Å²) in [7, 11) is 0. The van der Waals surface area contributed by atoms with Crippen LogP contribution >= 0.6 is 0 Å². The van der Waals surface area contributed by atoms with Gasteiger partial charge in [-0.2, -0.15) is 0 Å². The summed E-state index contributed by atoms with van der Waals surface area (Å²) in [4.78, 5) is 32.2. The Morgan fingerprint density at radius 2 is 1.73 bits per heavy atom. The number of amides is 2. The van der Waals surface area contributed by atoms with E-state index >= 15 is 0 Å². The van der Waals surface area contributed by atoms with Crippen LogP contribution in [0, 0.1) is 0 Å². The van der Waals surface area contributed by atoms with Gasteiger partial charge in [-0.3, -0.25) is 20.4 Å². The molecule has 0 aliphatic carbocycles. The van der Waals surface area contributed by atoms with Crippen LogP contribution in [0.3, 0.4) is 0 Å². The van der Waals surface area contributed by atoms with Gasteiger partial charge in [-0.05, 0) is 13.8 Å². The minimum absolute atomic E-state index is 0.404. The van der Waals surface area contributed by atoms with E-state index in [2.05, 4.69) is 15.6 Å². The maximum Gasteiger partial charge on any atom is 0.331 e. The maximum atomic E-state index is 10.9. The third-order valence-corrected chi connectivity index (χ3v) is 1.13. The molecule has 0 heterocycles. The van der Waals surface area contributed by atoms with Crippen molar-refractivity contribution in [3.63, 3.8) is 0 Å². The smallest absolute Gasteiger partial charge is 0.331 e. The minimum atomic E-state index is -0.597. The highest BCUT2D eigenvalue weighted by molar-refractivity contribution is 5.86. The van der Waals surface area contributed by atoms with Gasteiger partial charge in [0.1, 0.15) is 0 Å². The molecule has 15 heavy (non-hydrogen) atoms. The molecule has 0 radical (unpaired) electrons. The lowest BCUT2D eigenvalue weighted by molar-refractivity contribution is -0.144. The number of nitrogens with one attached hydrogen (secondary N) is 2. The SMILES string of the molecule is CC(=O)NNC(=O)COC(=O)C=C(C)C. The first-order valence-electron chi connectivity index (χ1n) is 4.29. The molecule has 0 aromatic heterocycles. The summed E-state index contributed by atoms with van der Waals surface area (Å²) >= 11 is 0. The molecule has 0 bridgehead atoms. The van der Waals surface area contributed by atoms with Crippen LogP contribution in [0.1, 0.15) is 20.8 Å². The van der Waals surface area contributed by atoms with Crippen LogP contribution in [0.4, 0.5) is 0 Å². The molecule has 2 N–H and O–H groups in total. The summed E-state index contributed by atoms with van der Waals surface area (Å²) in [6, 6.07) is 0. The van der Waals surface area contributed by atoms with Gasteiger partial charge in [0.25, 0.3) is 5.91 Å². The fourth-order valence-corrected chi connectivity index (χ4v) is 0.608. The third-order valence-electron chi connectivity index (χ3n) is 1.13. The lowest BCUT2D eigenvalue weighted by Crippen LogP contribution is -2.42. The highest BCUT2D eigenvalue weighted by Crippen LogP contribution is 1.90. The number of carbonyl (C=O) groups is 3. The molecule has 0 atom stereocenters. The lowest BCUT2D eigenvalue weighted by atomic mass is 10.3. The van der Waals surface area contributed by atoms with E-state index in [1.807, 2.05) is 0 Å². The molecule has 0 rings (SSSR count). The van der Waals surface area contributed by atoms with E-state index in [1.165, 1.54) is 13.0 Å². The lowest BCUT2D eigenvalue weighted by Gasteiger charge is -2.04. The van der Waals surface area contributed by atoms with Crippen molar-refractivity contribution >= 4 is 17.8 Å². The number of rotatable bonds is 3. The van der Waals surface area contributed by atoms with E-state index < -0.39 is 24.4 Å². The molecule has 0 saturated heterocycles. The quantitative estimate of drug-likeness (QED) is 0.382. The average molecular weight is 214 g/mol. The topological polar surface area (TPSA) is 84.5 Å². The van der Waals surface area contributed by atoms with E-state index in [9.17, 15) is 14.4 Å². The Balaban J connectivity index is 3.76. The van der Waals surface area contributed by atoms with E-state index in [1.54, 1.807) is 13.8 Å². The summed E-state index contributed by atoms with van der Waals surface area (Å²) in [5, 5.41) is 0. The Morgan fingerprint density at radius 3 is 2.20 bits per heavy atom. The summed E-state index contributed by atoms with van der Waals surface area (Å²) in [5.41, 5.74) is 4.90. The average Bonchev–Trinajstić information content (AvgIpc) is 2.10. The molecule has 0 saturated carbocycles. The second-order valence-corrected chi connectivity index (χ2v) is 3.06. The number of carbonyl (C=O) groups excluding carboxylic acids is 3. The molecule has 0 aliphatic rings. The zero-order valence-electron chi connectivity index (χ0n) is 8.92. The molecule has 0 spiro atoms. The van der Waals surface area contributed by atoms with Gasteiger partial charge in [-0.15, -0.1) is 0 Å². The van der Waals surface area contributed by atoms with E-state index in [0.29, 0.717) is 0 Å². The molecule has 84 valence electrons. The van der Waals surface area contributed by atoms with E-state index in [0.717, 1.165) is 5.57 Å². The zero-order valence-corrected chi connectivity index (χ0v) is 8.92. The Morgan fingerprint density at radius 1 is 1.13 bits per heavy atom. The van der Waals surface area contributed by atoms with Crippen molar-refractivity contribution in [3.05, 3.63) is 11.6 Å². The van der Waals surface area contributed by atoms with E-state index in [-0.39, 0.29) is 0 Å². The van der Waals surface area contributed by atoms with Crippen LogP contribution < -0.4 is 10.9 Å². The third kappa shape index (κ3) is 8.48. The van der Waals surface area contributed by atoms with E-state index in [4.69, 9.17) is 0 Å². The first-order chi connectivity index (χ1) is 6.91. The summed E-state index contributed by atoms with van der Waals surface area (Å²) < 4.78 is 4.57. The Hall–Kier alpha value is -1.85. The molecule has 0 aliphatic heterocycles. The second-order valence-electron chi connectivity index (χ2n) is 3.06. The van der Waals surface area contributed by atoms with Crippen molar-refractivity contribution in [2.75, 3.05) is 6.61 Å². The van der Waals surface area contributed by atoms with Crippen LogP contribution in [0.25, 0.3) is 0 Å². The number of hydrazine groups is 1. The van der Waals surface area contributed by atoms with Gasteiger partial charge in [0, 0.05) is 13.0 Å². The molecular weight excluding hydrogens is 200 g/mol. The number of allylic oxidation sites excluding steroid dienone is 1. The molecule has 6 nitrogen and oxygen atoms in total. The normalized spacial score (nSPS) is 8.73. The van der Waals surface area contributed by atoms with Gasteiger partial charge in [0.05, 0.1) is 0 Å². The van der Waals surface area contributed by atoms with Crippen LogP contribution in [0.15, 0.2) is 11.6 Å². The standard InChI is InChI=1S/C9H14N2O4/c1-6(2)4-9(14)15-5-8(13)11-10-7(3)12/h4H,5H2,1-3H3,(H,10,12)(H,11,13). The number of hydrogen-bond donors (Lipinski definition) is 2. The zero-order chi connectivity index (χ0) is 11.8. The summed E-state index contributed by atoms with van der Waals surface area (Å²) in [6.45, 7) is 4.29. The van der Waals surface area contributed by atoms with Crippen LogP contribution in [0.2, 0.25) is 0 Å². The molecule has 0 unspecified atom stereocenters. The summed E-state index contributed by atoms with van der Waals surface area (Å²) in [6.07, 6.45) is 1.27. The van der Waals surface area contributed by atoms with Crippen molar-refractivity contribution in [3.8, 4) is 0 Å². The number of ether oxygens (including phenoxy) is 1. The Labute approximate surface area is 87.6 Å². The predicted molar refractivity (Wildman–Crippen MR) is 52.3 cm³/mol. The monoisotopic (exact) mass is 214 g/mol. The Kier molecular flexibility index (Phi) is 5.77. The number of hydrogen-bond acceptors (Lipinski definition) is 4. The van der Waals surface area contributed by atoms with Crippen molar-refractivity contribution in [1.82, 2.24) is 10.9 Å². The van der Waals surface area contributed by atoms with Crippen molar-refractivity contribution in [2.24, 2.45) is 0 Å². The first-order valence-corrected chi connectivity index (χ1v) is 4.29. The maximum absolute atomic E-state index is 10.9. The minimum Gasteiger partial charge on any atom is -0.452 e. The molecule has 6 heteroatoms. The largest absolute Gasteiger partial charge is 0.452 e. The van der Waals surface area contributed by atoms with Gasteiger partial charge in [-0.25, -0.2) is 4.79 Å². The number of esters is 1. The summed E-state index contributed by atoms with van der Waals surface area (Å²) in [5.74, 6) is -1.59. The van der Waals surface area contributed by atoms with Gasteiger partial charge in [0.15, 0.2) is 6.61 Å². The highest BCUT2D eigenvalue weighted by Gasteiger charge is 2.04.